The van der Waals surface area contributed by atoms with Gasteiger partial charge < -0.3 is 14.9 Å². The molecule has 1 amide bonds. The summed E-state index contributed by atoms with van der Waals surface area (Å²) in [5.74, 6) is 0.373. The van der Waals surface area contributed by atoms with Gasteiger partial charge in [0.1, 0.15) is 11.3 Å². The molecule has 2 aromatic rings. The first-order valence-electron chi connectivity index (χ1n) is 5.18. The first kappa shape index (κ1) is 12.0. The first-order chi connectivity index (χ1) is 8.22. The van der Waals surface area contributed by atoms with Crippen LogP contribution in [-0.2, 0) is 11.2 Å². The molecule has 2 N–H and O–H groups in total. The summed E-state index contributed by atoms with van der Waals surface area (Å²) in [5.41, 5.74) is 6.63. The number of ether oxygens (including phenoxy) is 1. The summed E-state index contributed by atoms with van der Waals surface area (Å²) in [5, 5.41) is 1.62. The van der Waals surface area contributed by atoms with Crippen molar-refractivity contribution in [1.29, 1.82) is 0 Å². The number of hydrogen-bond donors (Lipinski definition) is 1. The Balaban J connectivity index is 2.39. The topological polar surface area (TPSA) is 65.5 Å². The van der Waals surface area contributed by atoms with Crippen LogP contribution in [0.2, 0.25) is 0 Å². The van der Waals surface area contributed by atoms with E-state index >= 15 is 0 Å². The highest BCUT2D eigenvalue weighted by Gasteiger charge is 2.11. The van der Waals surface area contributed by atoms with Gasteiger partial charge in [-0.1, -0.05) is 22.0 Å². The van der Waals surface area contributed by atoms with Gasteiger partial charge in [-0.05, 0) is 12.1 Å². The van der Waals surface area contributed by atoms with Crippen LogP contribution in [-0.4, -0.2) is 17.8 Å². The van der Waals surface area contributed by atoms with Crippen molar-refractivity contribution in [3.63, 3.8) is 0 Å². The number of primary amides is 1. The van der Waals surface area contributed by atoms with Gasteiger partial charge in [-0.3, -0.25) is 4.79 Å². The van der Waals surface area contributed by atoms with Crippen molar-refractivity contribution in [3.8, 4) is 5.75 Å². The van der Waals surface area contributed by atoms with Crippen molar-refractivity contribution >= 4 is 32.8 Å². The van der Waals surface area contributed by atoms with Gasteiger partial charge >= 0.3 is 0 Å². The monoisotopic (exact) mass is 297 g/mol. The molecule has 0 bridgehead atoms. The van der Waals surface area contributed by atoms with Crippen molar-refractivity contribution in [2.45, 2.75) is 6.42 Å². The summed E-state index contributed by atoms with van der Waals surface area (Å²) in [6, 6.07) is 5.46. The summed E-state index contributed by atoms with van der Waals surface area (Å²) in [4.78, 5) is 10.9. The number of furan rings is 1. The molecule has 0 unspecified atom stereocenters. The lowest BCUT2D eigenvalue weighted by molar-refractivity contribution is -0.117. The highest BCUT2D eigenvalue weighted by molar-refractivity contribution is 9.09. The van der Waals surface area contributed by atoms with Gasteiger partial charge in [-0.25, -0.2) is 0 Å². The summed E-state index contributed by atoms with van der Waals surface area (Å²) in [6.07, 6.45) is 1.75. The molecule has 0 saturated carbocycles. The van der Waals surface area contributed by atoms with Crippen LogP contribution in [0.25, 0.3) is 11.0 Å². The average Bonchev–Trinajstić information content (AvgIpc) is 2.77. The van der Waals surface area contributed by atoms with Crippen LogP contribution in [0.5, 0.6) is 5.75 Å². The molecule has 1 heterocycles. The van der Waals surface area contributed by atoms with Gasteiger partial charge in [0.25, 0.3) is 0 Å². The zero-order valence-corrected chi connectivity index (χ0v) is 10.7. The molecule has 0 atom stereocenters. The zero-order chi connectivity index (χ0) is 12.3. The number of carbonyl (C=O) groups is 1. The Labute approximate surface area is 107 Å². The highest BCUT2D eigenvalue weighted by Crippen LogP contribution is 2.29. The number of amides is 1. The fourth-order valence-electron chi connectivity index (χ4n) is 1.70. The number of halogens is 1. The fraction of sp³-hybridized carbons (Fsp3) is 0.250. The Morgan fingerprint density at radius 2 is 2.24 bits per heavy atom. The van der Waals surface area contributed by atoms with E-state index in [9.17, 15) is 4.79 Å². The Hall–Kier alpha value is -1.49. The number of benzene rings is 1. The van der Waals surface area contributed by atoms with E-state index in [1.807, 2.05) is 12.1 Å². The highest BCUT2D eigenvalue weighted by atomic mass is 79.9. The second kappa shape index (κ2) is 5.23. The number of hydrogen-bond acceptors (Lipinski definition) is 3. The quantitative estimate of drug-likeness (QED) is 0.861. The maximum atomic E-state index is 10.9. The van der Waals surface area contributed by atoms with E-state index in [1.165, 1.54) is 0 Å². The van der Waals surface area contributed by atoms with Gasteiger partial charge in [0, 0.05) is 10.9 Å². The molecule has 1 aromatic carbocycles. The van der Waals surface area contributed by atoms with E-state index in [0.717, 1.165) is 22.0 Å². The molecule has 0 fully saturated rings. The molecule has 1 aromatic heterocycles. The molecule has 4 nitrogen and oxygen atoms in total. The van der Waals surface area contributed by atoms with E-state index in [-0.39, 0.29) is 12.3 Å². The number of fused-ring (bicyclic) bond motifs is 1. The standard InChI is InChI=1S/C12H12BrNO3/c13-4-6-16-10-2-1-8(7-11(14)15)12-9(10)3-5-17-12/h1-3,5H,4,6-7H2,(H2,14,15). The first-order valence-corrected chi connectivity index (χ1v) is 6.30. The third-order valence-corrected chi connectivity index (χ3v) is 2.68. The van der Waals surface area contributed by atoms with E-state index in [0.29, 0.717) is 12.2 Å². The molecule has 0 aliphatic carbocycles. The van der Waals surface area contributed by atoms with Crippen LogP contribution in [0.1, 0.15) is 5.56 Å². The second-order valence-corrected chi connectivity index (χ2v) is 4.36. The van der Waals surface area contributed by atoms with Crippen LogP contribution in [0.15, 0.2) is 28.9 Å². The van der Waals surface area contributed by atoms with Gasteiger partial charge in [0.2, 0.25) is 5.91 Å². The van der Waals surface area contributed by atoms with Gasteiger partial charge in [0.15, 0.2) is 0 Å². The molecule has 2 rings (SSSR count). The fourth-order valence-corrected chi connectivity index (χ4v) is 1.86. The van der Waals surface area contributed by atoms with E-state index < -0.39 is 0 Å². The van der Waals surface area contributed by atoms with E-state index in [2.05, 4.69) is 15.9 Å². The van der Waals surface area contributed by atoms with Crippen LogP contribution < -0.4 is 10.5 Å². The Morgan fingerprint density at radius 1 is 1.41 bits per heavy atom. The smallest absolute Gasteiger partial charge is 0.221 e. The third kappa shape index (κ3) is 2.61. The predicted molar refractivity (Wildman–Crippen MR) is 68.4 cm³/mol. The SMILES string of the molecule is NC(=O)Cc1ccc(OCCBr)c2ccoc12. The molecule has 17 heavy (non-hydrogen) atoms. The van der Waals surface area contributed by atoms with Crippen molar-refractivity contribution in [3.05, 3.63) is 30.0 Å². The predicted octanol–water partition coefficient (Wildman–Crippen LogP) is 2.23. The maximum absolute atomic E-state index is 10.9. The summed E-state index contributed by atoms with van der Waals surface area (Å²) < 4.78 is 10.9. The third-order valence-electron chi connectivity index (χ3n) is 2.36. The molecule has 0 saturated heterocycles. The molecule has 0 aliphatic heterocycles. The Bertz CT molecular complexity index is 536. The Kier molecular flexibility index (Phi) is 3.68. The zero-order valence-electron chi connectivity index (χ0n) is 9.11. The van der Waals surface area contributed by atoms with E-state index in [1.54, 1.807) is 12.3 Å². The van der Waals surface area contributed by atoms with Crippen LogP contribution in [0.4, 0.5) is 0 Å². The summed E-state index contributed by atoms with van der Waals surface area (Å²) in [6.45, 7) is 0.579. The molecule has 0 aliphatic rings. The summed E-state index contributed by atoms with van der Waals surface area (Å²) >= 11 is 3.30. The Morgan fingerprint density at radius 3 is 2.94 bits per heavy atom. The van der Waals surface area contributed by atoms with Crippen molar-refractivity contribution < 1.29 is 13.9 Å². The van der Waals surface area contributed by atoms with Crippen LogP contribution in [0.3, 0.4) is 0 Å². The number of nitrogens with two attached hydrogens (primary N) is 1. The van der Waals surface area contributed by atoms with E-state index in [4.69, 9.17) is 14.9 Å². The molecular formula is C12H12BrNO3. The second-order valence-electron chi connectivity index (χ2n) is 3.57. The van der Waals surface area contributed by atoms with Crippen molar-refractivity contribution in [2.75, 3.05) is 11.9 Å². The lowest BCUT2D eigenvalue weighted by Crippen LogP contribution is -2.13. The minimum atomic E-state index is -0.378. The average molecular weight is 298 g/mol. The minimum Gasteiger partial charge on any atom is -0.492 e. The lowest BCUT2D eigenvalue weighted by Gasteiger charge is -2.07. The molecule has 5 heteroatoms. The lowest BCUT2D eigenvalue weighted by atomic mass is 10.1. The minimum absolute atomic E-state index is 0.169. The van der Waals surface area contributed by atoms with Crippen molar-refractivity contribution in [1.82, 2.24) is 0 Å². The van der Waals surface area contributed by atoms with Crippen LogP contribution >= 0.6 is 15.9 Å². The largest absolute Gasteiger partial charge is 0.492 e. The molecule has 90 valence electrons. The normalized spacial score (nSPS) is 10.6. The molecule has 0 radical (unpaired) electrons. The van der Waals surface area contributed by atoms with Gasteiger partial charge in [-0.2, -0.15) is 0 Å². The van der Waals surface area contributed by atoms with Gasteiger partial charge in [0.05, 0.1) is 24.7 Å². The summed E-state index contributed by atoms with van der Waals surface area (Å²) in [7, 11) is 0. The van der Waals surface area contributed by atoms with Gasteiger partial charge in [-0.15, -0.1) is 0 Å². The number of rotatable bonds is 5. The van der Waals surface area contributed by atoms with Crippen LogP contribution in [0, 0.1) is 0 Å². The molecule has 0 spiro atoms. The molecular weight excluding hydrogens is 286 g/mol. The maximum Gasteiger partial charge on any atom is 0.221 e. The number of alkyl halides is 1. The number of carbonyl (C=O) groups excluding carboxylic acids is 1. The van der Waals surface area contributed by atoms with Crippen molar-refractivity contribution in [2.24, 2.45) is 5.73 Å².